The summed E-state index contributed by atoms with van der Waals surface area (Å²) in [5.74, 6) is -0.776. The van der Waals surface area contributed by atoms with E-state index in [0.29, 0.717) is 32.4 Å². The minimum atomic E-state index is -0.797. The lowest BCUT2D eigenvalue weighted by atomic mass is 9.93. The Morgan fingerprint density at radius 3 is 2.62 bits per heavy atom. The molecular formula is C20H28N2O4. The first-order valence-corrected chi connectivity index (χ1v) is 9.26. The summed E-state index contributed by atoms with van der Waals surface area (Å²) >= 11 is 0. The molecule has 0 aromatic heterocycles. The molecule has 1 saturated heterocycles. The van der Waals surface area contributed by atoms with Gasteiger partial charge in [-0.1, -0.05) is 29.8 Å². The molecule has 1 fully saturated rings. The Bertz CT molecular complexity index is 627. The zero-order valence-corrected chi connectivity index (χ0v) is 15.4. The van der Waals surface area contributed by atoms with Crippen molar-refractivity contribution in [2.75, 3.05) is 19.6 Å². The van der Waals surface area contributed by atoms with Gasteiger partial charge in [0.25, 0.3) is 0 Å². The highest BCUT2D eigenvalue weighted by Gasteiger charge is 2.24. The largest absolute Gasteiger partial charge is 0.481 e. The summed E-state index contributed by atoms with van der Waals surface area (Å²) < 4.78 is 0. The molecule has 2 amide bonds. The molecule has 1 aromatic rings. The number of nitrogens with zero attached hydrogens (tertiary/aromatic N) is 1. The molecule has 1 aliphatic heterocycles. The first-order chi connectivity index (χ1) is 12.4. The van der Waals surface area contributed by atoms with Gasteiger partial charge in [-0.2, -0.15) is 0 Å². The Hall–Kier alpha value is -2.37. The third-order valence-corrected chi connectivity index (χ3v) is 4.84. The Morgan fingerprint density at radius 2 is 1.92 bits per heavy atom. The van der Waals surface area contributed by atoms with Gasteiger partial charge in [0.1, 0.15) is 0 Å². The molecule has 6 nitrogen and oxygen atoms in total. The Labute approximate surface area is 154 Å². The number of hydrogen-bond acceptors (Lipinski definition) is 3. The van der Waals surface area contributed by atoms with E-state index in [0.717, 1.165) is 18.4 Å². The number of aryl methyl sites for hydroxylation is 2. The van der Waals surface area contributed by atoms with E-state index in [9.17, 15) is 14.4 Å². The fraction of sp³-hybridized carbons (Fsp3) is 0.550. The van der Waals surface area contributed by atoms with Gasteiger partial charge in [0.2, 0.25) is 11.8 Å². The topological polar surface area (TPSA) is 86.7 Å². The Kier molecular flexibility index (Phi) is 7.63. The predicted octanol–water partition coefficient (Wildman–Crippen LogP) is 2.15. The summed E-state index contributed by atoms with van der Waals surface area (Å²) in [6, 6.07) is 8.07. The average Bonchev–Trinajstić information content (AvgIpc) is 2.64. The third kappa shape index (κ3) is 6.86. The second-order valence-electron chi connectivity index (χ2n) is 7.04. The van der Waals surface area contributed by atoms with Gasteiger partial charge in [0.15, 0.2) is 0 Å². The van der Waals surface area contributed by atoms with Crippen LogP contribution in [0, 0.1) is 12.8 Å². The SMILES string of the molecule is Cc1ccc(CCC(=O)NCC(=O)N2CCCC(CCC(=O)O)C2)cc1. The number of carboxylic acid groups (broad SMARTS) is 1. The van der Waals surface area contributed by atoms with E-state index in [4.69, 9.17) is 5.11 Å². The van der Waals surface area contributed by atoms with Gasteiger partial charge in [-0.3, -0.25) is 14.4 Å². The van der Waals surface area contributed by atoms with Gasteiger partial charge < -0.3 is 15.3 Å². The molecule has 0 spiro atoms. The van der Waals surface area contributed by atoms with Crippen LogP contribution in [0.2, 0.25) is 0 Å². The van der Waals surface area contributed by atoms with Crippen LogP contribution in [0.3, 0.4) is 0 Å². The molecule has 1 heterocycles. The van der Waals surface area contributed by atoms with Crippen LogP contribution < -0.4 is 5.32 Å². The van der Waals surface area contributed by atoms with E-state index < -0.39 is 5.97 Å². The maximum absolute atomic E-state index is 12.3. The number of carboxylic acids is 1. The monoisotopic (exact) mass is 360 g/mol. The number of aliphatic carboxylic acids is 1. The molecule has 0 aliphatic carbocycles. The van der Waals surface area contributed by atoms with Crippen LogP contribution >= 0.6 is 0 Å². The number of likely N-dealkylation sites (tertiary alicyclic amines) is 1. The highest BCUT2D eigenvalue weighted by Crippen LogP contribution is 2.21. The van der Waals surface area contributed by atoms with Gasteiger partial charge in [0.05, 0.1) is 6.54 Å². The van der Waals surface area contributed by atoms with Gasteiger partial charge in [-0.25, -0.2) is 0 Å². The standard InChI is InChI=1S/C20H28N2O4/c1-15-4-6-16(7-5-15)8-10-18(23)21-13-19(24)22-12-2-3-17(14-22)9-11-20(25)26/h4-7,17H,2-3,8-14H2,1H3,(H,21,23)(H,25,26). The van der Waals surface area contributed by atoms with Crippen molar-refractivity contribution in [1.82, 2.24) is 10.2 Å². The van der Waals surface area contributed by atoms with Gasteiger partial charge in [-0.05, 0) is 44.1 Å². The fourth-order valence-electron chi connectivity index (χ4n) is 3.24. The average molecular weight is 360 g/mol. The smallest absolute Gasteiger partial charge is 0.303 e. The predicted molar refractivity (Wildman–Crippen MR) is 98.7 cm³/mol. The summed E-state index contributed by atoms with van der Waals surface area (Å²) in [6.45, 7) is 3.31. The van der Waals surface area contributed by atoms with Crippen molar-refractivity contribution in [2.45, 2.75) is 45.4 Å². The molecule has 26 heavy (non-hydrogen) atoms. The van der Waals surface area contributed by atoms with E-state index in [1.54, 1.807) is 4.90 Å². The highest BCUT2D eigenvalue weighted by atomic mass is 16.4. The number of hydrogen-bond donors (Lipinski definition) is 2. The summed E-state index contributed by atoms with van der Waals surface area (Å²) in [5, 5.41) is 11.5. The van der Waals surface area contributed by atoms with Crippen LogP contribution in [-0.2, 0) is 20.8 Å². The molecule has 0 saturated carbocycles. The summed E-state index contributed by atoms with van der Waals surface area (Å²) in [4.78, 5) is 36.7. The van der Waals surface area contributed by atoms with Gasteiger partial charge in [0, 0.05) is 25.9 Å². The van der Waals surface area contributed by atoms with E-state index in [1.807, 2.05) is 31.2 Å². The molecule has 1 unspecified atom stereocenters. The quantitative estimate of drug-likeness (QED) is 0.744. The van der Waals surface area contributed by atoms with Crippen molar-refractivity contribution in [3.05, 3.63) is 35.4 Å². The number of amides is 2. The molecular weight excluding hydrogens is 332 g/mol. The second kappa shape index (κ2) is 9.94. The normalized spacial score (nSPS) is 17.0. The molecule has 6 heteroatoms. The zero-order valence-electron chi connectivity index (χ0n) is 15.4. The molecule has 1 atom stereocenters. The maximum Gasteiger partial charge on any atom is 0.303 e. The van der Waals surface area contributed by atoms with Crippen LogP contribution in [0.15, 0.2) is 24.3 Å². The Balaban J connectivity index is 1.69. The van der Waals surface area contributed by atoms with Crippen molar-refractivity contribution in [3.63, 3.8) is 0 Å². The van der Waals surface area contributed by atoms with Crippen LogP contribution in [0.1, 0.15) is 43.2 Å². The lowest BCUT2D eigenvalue weighted by Crippen LogP contribution is -2.45. The van der Waals surface area contributed by atoms with E-state index in [1.165, 1.54) is 5.56 Å². The van der Waals surface area contributed by atoms with Crippen molar-refractivity contribution in [2.24, 2.45) is 5.92 Å². The number of piperidine rings is 1. The second-order valence-corrected chi connectivity index (χ2v) is 7.04. The lowest BCUT2D eigenvalue weighted by Gasteiger charge is -2.32. The fourth-order valence-corrected chi connectivity index (χ4v) is 3.24. The van der Waals surface area contributed by atoms with E-state index >= 15 is 0 Å². The molecule has 2 rings (SSSR count). The first kappa shape index (κ1) is 19.9. The highest BCUT2D eigenvalue weighted by molar-refractivity contribution is 5.84. The Morgan fingerprint density at radius 1 is 1.19 bits per heavy atom. The van der Waals surface area contributed by atoms with Crippen molar-refractivity contribution >= 4 is 17.8 Å². The van der Waals surface area contributed by atoms with Crippen molar-refractivity contribution in [1.29, 1.82) is 0 Å². The van der Waals surface area contributed by atoms with Crippen molar-refractivity contribution < 1.29 is 19.5 Å². The summed E-state index contributed by atoms with van der Waals surface area (Å²) in [7, 11) is 0. The van der Waals surface area contributed by atoms with Crippen LogP contribution in [-0.4, -0.2) is 47.4 Å². The van der Waals surface area contributed by atoms with E-state index in [-0.39, 0.29) is 30.7 Å². The maximum atomic E-state index is 12.3. The number of nitrogens with one attached hydrogen (secondary N) is 1. The number of carbonyl (C=O) groups is 3. The minimum absolute atomic E-state index is 0.0123. The van der Waals surface area contributed by atoms with Crippen LogP contribution in [0.25, 0.3) is 0 Å². The molecule has 1 aliphatic rings. The number of rotatable bonds is 8. The number of carbonyl (C=O) groups excluding carboxylic acids is 2. The number of benzene rings is 1. The van der Waals surface area contributed by atoms with Crippen LogP contribution in [0.4, 0.5) is 0 Å². The molecule has 0 bridgehead atoms. The zero-order chi connectivity index (χ0) is 18.9. The summed E-state index contributed by atoms with van der Waals surface area (Å²) in [5.41, 5.74) is 2.29. The van der Waals surface area contributed by atoms with Crippen LogP contribution in [0.5, 0.6) is 0 Å². The summed E-state index contributed by atoms with van der Waals surface area (Å²) in [6.07, 6.45) is 3.60. The third-order valence-electron chi connectivity index (χ3n) is 4.84. The molecule has 1 aromatic carbocycles. The van der Waals surface area contributed by atoms with Gasteiger partial charge >= 0.3 is 5.97 Å². The molecule has 2 N–H and O–H groups in total. The van der Waals surface area contributed by atoms with E-state index in [2.05, 4.69) is 5.32 Å². The minimum Gasteiger partial charge on any atom is -0.481 e. The van der Waals surface area contributed by atoms with Crippen molar-refractivity contribution in [3.8, 4) is 0 Å². The lowest BCUT2D eigenvalue weighted by molar-refractivity contribution is -0.137. The molecule has 142 valence electrons. The first-order valence-electron chi connectivity index (χ1n) is 9.26. The molecule has 0 radical (unpaired) electrons. The van der Waals surface area contributed by atoms with Gasteiger partial charge in [-0.15, -0.1) is 0 Å².